The third-order valence-electron chi connectivity index (χ3n) is 3.52. The number of nitrogens with one attached hydrogen (secondary N) is 1. The number of hydrogen-bond acceptors (Lipinski definition) is 2. The van der Waals surface area contributed by atoms with Gasteiger partial charge in [-0.25, -0.2) is 0 Å². The average Bonchev–Trinajstić information content (AvgIpc) is 2.99. The summed E-state index contributed by atoms with van der Waals surface area (Å²) < 4.78 is 0. The summed E-state index contributed by atoms with van der Waals surface area (Å²) in [4.78, 5) is 2.50. The van der Waals surface area contributed by atoms with Gasteiger partial charge in [-0.1, -0.05) is 18.2 Å². The minimum atomic E-state index is 0.619. The normalized spacial score (nSPS) is 24.0. The second-order valence-electron chi connectivity index (χ2n) is 4.87. The smallest absolute Gasteiger partial charge is 0.0429 e. The standard InChI is InChI=1S/C13H18N2/c1-15(12-6-7-12)9-11-8-10-4-2-3-5-13(10)14-11/h2-5,11-12,14H,6-9H2,1H3. The summed E-state index contributed by atoms with van der Waals surface area (Å²) in [5.74, 6) is 0. The molecule has 2 heteroatoms. The van der Waals surface area contributed by atoms with Gasteiger partial charge in [-0.05, 0) is 37.9 Å². The first-order chi connectivity index (χ1) is 7.33. The number of rotatable bonds is 3. The maximum atomic E-state index is 3.61. The van der Waals surface area contributed by atoms with Crippen LogP contribution in [0.25, 0.3) is 0 Å². The van der Waals surface area contributed by atoms with E-state index in [1.54, 1.807) is 0 Å². The Bertz CT molecular complexity index is 332. The molecule has 1 heterocycles. The summed E-state index contributed by atoms with van der Waals surface area (Å²) in [5.41, 5.74) is 2.82. The second kappa shape index (κ2) is 3.53. The van der Waals surface area contributed by atoms with Crippen LogP contribution in [0.5, 0.6) is 0 Å². The molecule has 15 heavy (non-hydrogen) atoms. The topological polar surface area (TPSA) is 15.3 Å². The minimum absolute atomic E-state index is 0.619. The summed E-state index contributed by atoms with van der Waals surface area (Å²) in [6.07, 6.45) is 3.99. The van der Waals surface area contributed by atoms with E-state index in [-0.39, 0.29) is 0 Å². The number of para-hydroxylation sites is 1. The van der Waals surface area contributed by atoms with Crippen molar-refractivity contribution in [1.29, 1.82) is 0 Å². The highest BCUT2D eigenvalue weighted by atomic mass is 15.2. The van der Waals surface area contributed by atoms with Gasteiger partial charge in [-0.2, -0.15) is 0 Å². The van der Waals surface area contributed by atoms with E-state index in [1.807, 2.05) is 0 Å². The van der Waals surface area contributed by atoms with Crippen LogP contribution in [0.1, 0.15) is 18.4 Å². The molecule has 1 saturated carbocycles. The van der Waals surface area contributed by atoms with Crippen LogP contribution < -0.4 is 5.32 Å². The maximum absolute atomic E-state index is 3.61. The molecule has 1 fully saturated rings. The summed E-state index contributed by atoms with van der Waals surface area (Å²) in [5, 5.41) is 3.61. The zero-order valence-electron chi connectivity index (χ0n) is 9.24. The molecule has 1 aromatic carbocycles. The third kappa shape index (κ3) is 1.86. The van der Waals surface area contributed by atoms with E-state index in [0.717, 1.165) is 6.04 Å². The molecule has 1 N–H and O–H groups in total. The predicted octanol–water partition coefficient (Wildman–Crippen LogP) is 2.12. The fraction of sp³-hybridized carbons (Fsp3) is 0.538. The van der Waals surface area contributed by atoms with Crippen molar-refractivity contribution in [2.75, 3.05) is 18.9 Å². The van der Waals surface area contributed by atoms with Gasteiger partial charge in [0.25, 0.3) is 0 Å². The Hall–Kier alpha value is -1.02. The van der Waals surface area contributed by atoms with Crippen molar-refractivity contribution in [3.8, 4) is 0 Å². The van der Waals surface area contributed by atoms with Crippen molar-refractivity contribution in [3.05, 3.63) is 29.8 Å². The van der Waals surface area contributed by atoms with Crippen molar-refractivity contribution in [2.24, 2.45) is 0 Å². The van der Waals surface area contributed by atoms with E-state index in [2.05, 4.69) is 41.5 Å². The highest BCUT2D eigenvalue weighted by molar-refractivity contribution is 5.56. The van der Waals surface area contributed by atoms with Crippen molar-refractivity contribution in [2.45, 2.75) is 31.3 Å². The van der Waals surface area contributed by atoms with Gasteiger partial charge < -0.3 is 10.2 Å². The summed E-state index contributed by atoms with van der Waals surface area (Å²) in [6.45, 7) is 1.18. The van der Waals surface area contributed by atoms with Gasteiger partial charge in [-0.15, -0.1) is 0 Å². The van der Waals surface area contributed by atoms with Crippen molar-refractivity contribution < 1.29 is 0 Å². The molecule has 2 aliphatic rings. The predicted molar refractivity (Wildman–Crippen MR) is 63.2 cm³/mol. The van der Waals surface area contributed by atoms with E-state index in [1.165, 1.54) is 37.1 Å². The number of fused-ring (bicyclic) bond motifs is 1. The molecule has 0 aromatic heterocycles. The van der Waals surface area contributed by atoms with E-state index >= 15 is 0 Å². The van der Waals surface area contributed by atoms with Gasteiger partial charge in [0.1, 0.15) is 0 Å². The Morgan fingerprint density at radius 1 is 1.33 bits per heavy atom. The Balaban J connectivity index is 1.63. The van der Waals surface area contributed by atoms with Crippen LogP contribution >= 0.6 is 0 Å². The van der Waals surface area contributed by atoms with Crippen LogP contribution in [0.4, 0.5) is 5.69 Å². The van der Waals surface area contributed by atoms with Crippen molar-refractivity contribution >= 4 is 5.69 Å². The zero-order valence-corrected chi connectivity index (χ0v) is 9.24. The lowest BCUT2D eigenvalue weighted by atomic mass is 10.1. The molecule has 1 aliphatic carbocycles. The first-order valence-corrected chi connectivity index (χ1v) is 5.87. The Morgan fingerprint density at radius 3 is 2.87 bits per heavy atom. The number of likely N-dealkylation sites (N-methyl/N-ethyl adjacent to an activating group) is 1. The molecular formula is C13H18N2. The summed E-state index contributed by atoms with van der Waals surface area (Å²) >= 11 is 0. The largest absolute Gasteiger partial charge is 0.380 e. The second-order valence-corrected chi connectivity index (χ2v) is 4.87. The van der Waals surface area contributed by atoms with Crippen LogP contribution in [-0.2, 0) is 6.42 Å². The number of nitrogens with zero attached hydrogens (tertiary/aromatic N) is 1. The fourth-order valence-corrected chi connectivity index (χ4v) is 2.50. The van der Waals surface area contributed by atoms with Crippen LogP contribution in [0.15, 0.2) is 24.3 Å². The first kappa shape index (κ1) is 9.22. The van der Waals surface area contributed by atoms with Crippen molar-refractivity contribution in [3.63, 3.8) is 0 Å². The summed E-state index contributed by atoms with van der Waals surface area (Å²) in [6, 6.07) is 10.2. The van der Waals surface area contributed by atoms with E-state index in [4.69, 9.17) is 0 Å². The highest BCUT2D eigenvalue weighted by Gasteiger charge is 2.29. The molecule has 0 amide bonds. The number of anilines is 1. The van der Waals surface area contributed by atoms with Gasteiger partial charge in [0.05, 0.1) is 0 Å². The third-order valence-corrected chi connectivity index (χ3v) is 3.52. The Morgan fingerprint density at radius 2 is 2.13 bits per heavy atom. The van der Waals surface area contributed by atoms with Crippen molar-refractivity contribution in [1.82, 2.24) is 4.90 Å². The van der Waals surface area contributed by atoms with Gasteiger partial charge in [0, 0.05) is 24.3 Å². The molecule has 0 saturated heterocycles. The summed E-state index contributed by atoms with van der Waals surface area (Å²) in [7, 11) is 2.25. The average molecular weight is 202 g/mol. The maximum Gasteiger partial charge on any atom is 0.0429 e. The molecule has 1 unspecified atom stereocenters. The molecule has 0 bridgehead atoms. The van der Waals surface area contributed by atoms with Gasteiger partial charge in [-0.3, -0.25) is 0 Å². The van der Waals surface area contributed by atoms with Gasteiger partial charge in [0.15, 0.2) is 0 Å². The van der Waals surface area contributed by atoms with Crippen LogP contribution in [0, 0.1) is 0 Å². The van der Waals surface area contributed by atoms with Crippen LogP contribution in [-0.4, -0.2) is 30.6 Å². The fourth-order valence-electron chi connectivity index (χ4n) is 2.50. The lowest BCUT2D eigenvalue weighted by molar-refractivity contribution is 0.310. The molecule has 80 valence electrons. The molecular weight excluding hydrogens is 184 g/mol. The number of hydrogen-bond donors (Lipinski definition) is 1. The van der Waals surface area contributed by atoms with Crippen LogP contribution in [0.2, 0.25) is 0 Å². The zero-order chi connectivity index (χ0) is 10.3. The molecule has 0 radical (unpaired) electrons. The Kier molecular flexibility index (Phi) is 2.17. The highest BCUT2D eigenvalue weighted by Crippen LogP contribution is 2.29. The molecule has 1 aliphatic heterocycles. The van der Waals surface area contributed by atoms with E-state index in [9.17, 15) is 0 Å². The Labute approximate surface area is 91.3 Å². The molecule has 3 rings (SSSR count). The monoisotopic (exact) mass is 202 g/mol. The minimum Gasteiger partial charge on any atom is -0.380 e. The van der Waals surface area contributed by atoms with E-state index in [0.29, 0.717) is 6.04 Å². The quantitative estimate of drug-likeness (QED) is 0.807. The first-order valence-electron chi connectivity index (χ1n) is 5.87. The lowest BCUT2D eigenvalue weighted by Gasteiger charge is -2.20. The lowest BCUT2D eigenvalue weighted by Crippen LogP contribution is -2.34. The molecule has 1 atom stereocenters. The molecule has 1 aromatic rings. The van der Waals surface area contributed by atoms with Crippen LogP contribution in [0.3, 0.4) is 0 Å². The number of benzene rings is 1. The SMILES string of the molecule is CN(CC1Cc2ccccc2N1)C1CC1. The molecule has 2 nitrogen and oxygen atoms in total. The molecule has 0 spiro atoms. The van der Waals surface area contributed by atoms with Gasteiger partial charge in [0.2, 0.25) is 0 Å². The van der Waals surface area contributed by atoms with Gasteiger partial charge >= 0.3 is 0 Å². The van der Waals surface area contributed by atoms with E-state index < -0.39 is 0 Å².